The van der Waals surface area contributed by atoms with Gasteiger partial charge in [-0.2, -0.15) is 0 Å². The maximum atomic E-state index is 11.9. The molecule has 0 aromatic carbocycles. The molecule has 0 amide bonds. The minimum atomic E-state index is -0.398. The van der Waals surface area contributed by atoms with E-state index in [1.165, 1.54) is 7.11 Å². The van der Waals surface area contributed by atoms with Crippen LogP contribution in [0.2, 0.25) is 0 Å². The van der Waals surface area contributed by atoms with E-state index in [0.717, 1.165) is 41.5 Å². The van der Waals surface area contributed by atoms with Crippen LogP contribution in [0.1, 0.15) is 24.3 Å². The Morgan fingerprint density at radius 3 is 2.77 bits per heavy atom. The summed E-state index contributed by atoms with van der Waals surface area (Å²) < 4.78 is 4.83. The third-order valence-electron chi connectivity index (χ3n) is 5.43. The van der Waals surface area contributed by atoms with Crippen LogP contribution in [0.5, 0.6) is 0 Å². The van der Waals surface area contributed by atoms with Crippen molar-refractivity contribution in [3.8, 4) is 0 Å². The van der Waals surface area contributed by atoms with Crippen molar-refractivity contribution >= 4 is 22.6 Å². The van der Waals surface area contributed by atoms with Gasteiger partial charge >= 0.3 is 5.97 Å². The van der Waals surface area contributed by atoms with Crippen LogP contribution in [0.4, 0.5) is 5.82 Å². The van der Waals surface area contributed by atoms with Gasteiger partial charge in [-0.15, -0.1) is 0 Å². The number of pyridine rings is 2. The first kappa shape index (κ1) is 13.5. The molecule has 0 bridgehead atoms. The van der Waals surface area contributed by atoms with Crippen molar-refractivity contribution in [3.05, 3.63) is 30.2 Å². The summed E-state index contributed by atoms with van der Waals surface area (Å²) >= 11 is 0. The van der Waals surface area contributed by atoms with Gasteiger partial charge in [0.1, 0.15) is 5.82 Å². The maximum Gasteiger partial charge on any atom is 0.356 e. The molecule has 5 nitrogen and oxygen atoms in total. The standard InChI is InChI=1S/C17H19N3O2/c1-17(2)12-8-20(9-13(12)17)15-11-7-18-5-4-10(11)6-14(19-15)16(21)22-3/h4-7,12-13H,8-9H2,1-3H3. The first-order valence-corrected chi connectivity index (χ1v) is 7.60. The van der Waals surface area contributed by atoms with E-state index in [9.17, 15) is 4.79 Å². The molecule has 1 saturated heterocycles. The number of carbonyl (C=O) groups is 1. The smallest absolute Gasteiger partial charge is 0.356 e. The van der Waals surface area contributed by atoms with Crippen molar-refractivity contribution in [1.29, 1.82) is 0 Å². The second-order valence-electron chi connectivity index (χ2n) is 6.86. The number of carbonyl (C=O) groups excluding carboxylic acids is 1. The molecule has 0 N–H and O–H groups in total. The Kier molecular flexibility index (Phi) is 2.71. The van der Waals surface area contributed by atoms with Gasteiger partial charge in [0.15, 0.2) is 5.69 Å². The minimum Gasteiger partial charge on any atom is -0.464 e. The molecule has 2 aromatic rings. The Hall–Kier alpha value is -2.17. The fourth-order valence-electron chi connectivity index (χ4n) is 3.83. The molecule has 1 aliphatic heterocycles. The highest BCUT2D eigenvalue weighted by Crippen LogP contribution is 2.62. The summed E-state index contributed by atoms with van der Waals surface area (Å²) in [6.07, 6.45) is 3.56. The van der Waals surface area contributed by atoms with Crippen molar-refractivity contribution in [2.45, 2.75) is 13.8 Å². The number of methoxy groups -OCH3 is 1. The zero-order valence-corrected chi connectivity index (χ0v) is 13.0. The maximum absolute atomic E-state index is 11.9. The second kappa shape index (κ2) is 4.41. The summed E-state index contributed by atoms with van der Waals surface area (Å²) in [5.74, 6) is 1.91. The van der Waals surface area contributed by atoms with Gasteiger partial charge in [0, 0.05) is 30.9 Å². The Morgan fingerprint density at radius 1 is 1.36 bits per heavy atom. The van der Waals surface area contributed by atoms with Gasteiger partial charge in [0.25, 0.3) is 0 Å². The van der Waals surface area contributed by atoms with Crippen LogP contribution in [0, 0.1) is 17.3 Å². The van der Waals surface area contributed by atoms with Crippen LogP contribution in [0.3, 0.4) is 0 Å². The molecule has 114 valence electrons. The van der Waals surface area contributed by atoms with Gasteiger partial charge in [-0.3, -0.25) is 4.98 Å². The van der Waals surface area contributed by atoms with E-state index in [-0.39, 0.29) is 0 Å². The molecule has 1 saturated carbocycles. The molecule has 4 rings (SSSR count). The summed E-state index contributed by atoms with van der Waals surface area (Å²) in [5.41, 5.74) is 0.806. The van der Waals surface area contributed by atoms with Gasteiger partial charge in [-0.05, 0) is 34.8 Å². The third-order valence-corrected chi connectivity index (χ3v) is 5.43. The van der Waals surface area contributed by atoms with E-state index in [4.69, 9.17) is 4.74 Å². The number of hydrogen-bond acceptors (Lipinski definition) is 5. The van der Waals surface area contributed by atoms with Crippen LogP contribution < -0.4 is 4.90 Å². The van der Waals surface area contributed by atoms with Crippen LogP contribution in [-0.2, 0) is 4.74 Å². The molecular weight excluding hydrogens is 278 g/mol. The molecular formula is C17H19N3O2. The molecule has 3 heterocycles. The Balaban J connectivity index is 1.78. The van der Waals surface area contributed by atoms with Crippen molar-refractivity contribution in [2.75, 3.05) is 25.1 Å². The van der Waals surface area contributed by atoms with Gasteiger partial charge < -0.3 is 9.64 Å². The number of rotatable bonds is 2. The van der Waals surface area contributed by atoms with Gasteiger partial charge in [0.05, 0.1) is 7.11 Å². The van der Waals surface area contributed by atoms with Crippen molar-refractivity contribution in [2.24, 2.45) is 17.3 Å². The molecule has 2 atom stereocenters. The summed E-state index contributed by atoms with van der Waals surface area (Å²) in [6, 6.07) is 3.68. The number of nitrogens with zero attached hydrogens (tertiary/aromatic N) is 3. The lowest BCUT2D eigenvalue weighted by Crippen LogP contribution is -2.27. The SMILES string of the molecule is COC(=O)c1cc2ccncc2c(N2CC3C(C2)C3(C)C)n1. The molecule has 2 aliphatic rings. The average Bonchev–Trinajstić information content (AvgIpc) is 2.91. The minimum absolute atomic E-state index is 0.357. The molecule has 5 heteroatoms. The van der Waals surface area contributed by atoms with E-state index < -0.39 is 5.97 Å². The number of esters is 1. The zero-order chi connectivity index (χ0) is 15.5. The molecule has 0 radical (unpaired) electrons. The highest BCUT2D eigenvalue weighted by atomic mass is 16.5. The Labute approximate surface area is 129 Å². The van der Waals surface area contributed by atoms with Crippen LogP contribution in [0.15, 0.2) is 24.5 Å². The molecule has 0 spiro atoms. The van der Waals surface area contributed by atoms with Crippen LogP contribution in [-0.4, -0.2) is 36.1 Å². The van der Waals surface area contributed by atoms with Crippen molar-refractivity contribution in [1.82, 2.24) is 9.97 Å². The summed E-state index contributed by atoms with van der Waals surface area (Å²) in [5, 5.41) is 1.97. The molecule has 22 heavy (non-hydrogen) atoms. The number of aromatic nitrogens is 2. The number of piperidine rings is 1. The van der Waals surface area contributed by atoms with Crippen molar-refractivity contribution in [3.63, 3.8) is 0 Å². The largest absolute Gasteiger partial charge is 0.464 e. The number of hydrogen-bond donors (Lipinski definition) is 0. The fourth-order valence-corrected chi connectivity index (χ4v) is 3.83. The Bertz CT molecular complexity index is 758. The first-order valence-electron chi connectivity index (χ1n) is 7.60. The monoisotopic (exact) mass is 297 g/mol. The predicted molar refractivity (Wildman–Crippen MR) is 83.9 cm³/mol. The quantitative estimate of drug-likeness (QED) is 0.797. The van der Waals surface area contributed by atoms with Gasteiger partial charge in [-0.25, -0.2) is 9.78 Å². The number of fused-ring (bicyclic) bond motifs is 2. The lowest BCUT2D eigenvalue weighted by atomic mass is 10.1. The first-order chi connectivity index (χ1) is 10.5. The average molecular weight is 297 g/mol. The zero-order valence-electron chi connectivity index (χ0n) is 13.0. The van der Waals surface area contributed by atoms with E-state index in [0.29, 0.717) is 11.1 Å². The molecule has 1 aliphatic carbocycles. The summed E-state index contributed by atoms with van der Waals surface area (Å²) in [6.45, 7) is 6.66. The number of anilines is 1. The summed E-state index contributed by atoms with van der Waals surface area (Å²) in [4.78, 5) is 23.0. The lowest BCUT2D eigenvalue weighted by Gasteiger charge is -2.24. The molecule has 2 unspecified atom stereocenters. The van der Waals surface area contributed by atoms with E-state index >= 15 is 0 Å². The third kappa shape index (κ3) is 1.81. The lowest BCUT2D eigenvalue weighted by molar-refractivity contribution is 0.0594. The van der Waals surface area contributed by atoms with E-state index in [1.807, 2.05) is 12.3 Å². The van der Waals surface area contributed by atoms with Crippen LogP contribution in [0.25, 0.3) is 10.8 Å². The normalized spacial score (nSPS) is 25.1. The van der Waals surface area contributed by atoms with Gasteiger partial charge in [-0.1, -0.05) is 13.8 Å². The molecule has 2 fully saturated rings. The van der Waals surface area contributed by atoms with Gasteiger partial charge in [0.2, 0.25) is 0 Å². The Morgan fingerprint density at radius 2 is 2.09 bits per heavy atom. The second-order valence-corrected chi connectivity index (χ2v) is 6.86. The highest BCUT2D eigenvalue weighted by molar-refractivity contribution is 5.98. The summed E-state index contributed by atoms with van der Waals surface area (Å²) in [7, 11) is 1.38. The fraction of sp³-hybridized carbons (Fsp3) is 0.471. The van der Waals surface area contributed by atoms with Crippen LogP contribution >= 0.6 is 0 Å². The van der Waals surface area contributed by atoms with E-state index in [1.54, 1.807) is 12.3 Å². The topological polar surface area (TPSA) is 55.3 Å². The predicted octanol–water partition coefficient (Wildman–Crippen LogP) is 2.51. The number of ether oxygens (including phenoxy) is 1. The molecule has 2 aromatic heterocycles. The highest BCUT2D eigenvalue weighted by Gasteiger charge is 2.62. The van der Waals surface area contributed by atoms with E-state index in [2.05, 4.69) is 28.7 Å². The van der Waals surface area contributed by atoms with Crippen molar-refractivity contribution < 1.29 is 9.53 Å².